The molecule has 1 N–H and O–H groups in total. The van der Waals surface area contributed by atoms with Gasteiger partial charge in [-0.25, -0.2) is 9.48 Å². The Morgan fingerprint density at radius 1 is 1.16 bits per heavy atom. The lowest BCUT2D eigenvalue weighted by atomic mass is 10.1. The number of amides is 1. The average molecular weight is 357 g/mol. The van der Waals surface area contributed by atoms with Crippen molar-refractivity contribution in [3.05, 3.63) is 77.1 Å². The Labute approximate surface area is 150 Å². The summed E-state index contributed by atoms with van der Waals surface area (Å²) in [4.78, 5) is 11.7. The lowest BCUT2D eigenvalue weighted by Crippen LogP contribution is -2.26. The van der Waals surface area contributed by atoms with Gasteiger partial charge in [-0.1, -0.05) is 53.2 Å². The van der Waals surface area contributed by atoms with Gasteiger partial charge in [-0.2, -0.15) is 0 Å². The van der Waals surface area contributed by atoms with Crippen molar-refractivity contribution >= 4 is 17.7 Å². The number of halogens is 1. The smallest absolute Gasteiger partial charge is 0.407 e. The maximum absolute atomic E-state index is 11.7. The lowest BCUT2D eigenvalue weighted by molar-refractivity contribution is 0.138. The first kappa shape index (κ1) is 17.0. The van der Waals surface area contributed by atoms with Gasteiger partial charge in [0, 0.05) is 11.6 Å². The molecule has 1 amide bonds. The van der Waals surface area contributed by atoms with Crippen molar-refractivity contribution in [3.63, 3.8) is 0 Å². The number of aromatic nitrogens is 3. The summed E-state index contributed by atoms with van der Waals surface area (Å²) in [7, 11) is 0. The third-order valence-electron chi connectivity index (χ3n) is 3.49. The minimum Gasteiger partial charge on any atom is -0.443 e. The quantitative estimate of drug-likeness (QED) is 0.735. The number of hydrogen-bond donors (Lipinski definition) is 1. The predicted molar refractivity (Wildman–Crippen MR) is 94.7 cm³/mol. The van der Waals surface area contributed by atoms with Crippen LogP contribution >= 0.6 is 11.6 Å². The molecular weight excluding hydrogens is 340 g/mol. The molecule has 3 aromatic rings. The normalized spacial score (nSPS) is 10.4. The third-order valence-corrected chi connectivity index (χ3v) is 3.73. The number of nitrogens with one attached hydrogen (secondary N) is 1. The molecule has 3 rings (SSSR count). The van der Waals surface area contributed by atoms with Crippen LogP contribution in [0.2, 0.25) is 5.02 Å². The summed E-state index contributed by atoms with van der Waals surface area (Å²) in [5.74, 6) is 0. The highest BCUT2D eigenvalue weighted by Gasteiger charge is 2.07. The Morgan fingerprint density at radius 3 is 2.80 bits per heavy atom. The fourth-order valence-corrected chi connectivity index (χ4v) is 2.44. The Balaban J connectivity index is 1.45. The van der Waals surface area contributed by atoms with Crippen molar-refractivity contribution in [1.82, 2.24) is 20.3 Å². The molecule has 25 heavy (non-hydrogen) atoms. The lowest BCUT2D eigenvalue weighted by Gasteiger charge is -2.05. The van der Waals surface area contributed by atoms with E-state index < -0.39 is 6.09 Å². The van der Waals surface area contributed by atoms with E-state index in [4.69, 9.17) is 16.3 Å². The van der Waals surface area contributed by atoms with E-state index in [1.165, 1.54) is 0 Å². The van der Waals surface area contributed by atoms with Gasteiger partial charge in [-0.15, -0.1) is 5.10 Å². The molecule has 0 spiro atoms. The Morgan fingerprint density at radius 2 is 2.00 bits per heavy atom. The van der Waals surface area contributed by atoms with E-state index in [-0.39, 0.29) is 6.61 Å². The molecule has 128 valence electrons. The van der Waals surface area contributed by atoms with Crippen LogP contribution in [0.25, 0.3) is 5.69 Å². The second-order valence-corrected chi connectivity index (χ2v) is 5.81. The van der Waals surface area contributed by atoms with E-state index in [0.717, 1.165) is 17.7 Å². The Hall–Kier alpha value is -2.86. The molecular formula is C18H17ClN4O2. The van der Waals surface area contributed by atoms with Crippen LogP contribution in [0.5, 0.6) is 0 Å². The van der Waals surface area contributed by atoms with Crippen LogP contribution in [0.3, 0.4) is 0 Å². The van der Waals surface area contributed by atoms with Gasteiger partial charge in [0.2, 0.25) is 0 Å². The van der Waals surface area contributed by atoms with E-state index in [1.807, 2.05) is 42.5 Å². The van der Waals surface area contributed by atoms with Crippen LogP contribution < -0.4 is 5.32 Å². The third kappa shape index (κ3) is 5.06. The largest absolute Gasteiger partial charge is 0.443 e. The van der Waals surface area contributed by atoms with E-state index in [2.05, 4.69) is 15.6 Å². The molecule has 1 aromatic heterocycles. The minimum atomic E-state index is -0.478. The summed E-state index contributed by atoms with van der Waals surface area (Å²) >= 11 is 5.96. The van der Waals surface area contributed by atoms with Gasteiger partial charge in [0.05, 0.1) is 11.9 Å². The molecule has 0 unspecified atom stereocenters. The molecule has 2 aromatic carbocycles. The zero-order valence-corrected chi connectivity index (χ0v) is 14.2. The van der Waals surface area contributed by atoms with E-state index in [0.29, 0.717) is 17.3 Å². The molecule has 0 aliphatic carbocycles. The number of hydrogen-bond acceptors (Lipinski definition) is 4. The Bertz CT molecular complexity index is 836. The molecule has 0 fully saturated rings. The highest BCUT2D eigenvalue weighted by molar-refractivity contribution is 6.30. The first-order valence-electron chi connectivity index (χ1n) is 7.82. The monoisotopic (exact) mass is 356 g/mol. The van der Waals surface area contributed by atoms with Gasteiger partial charge in [0.15, 0.2) is 0 Å². The van der Waals surface area contributed by atoms with Gasteiger partial charge in [0.1, 0.15) is 12.3 Å². The summed E-state index contributed by atoms with van der Waals surface area (Å²) < 4.78 is 6.73. The van der Waals surface area contributed by atoms with Gasteiger partial charge in [-0.3, -0.25) is 0 Å². The summed E-state index contributed by atoms with van der Waals surface area (Å²) in [6.45, 7) is 0.565. The zero-order valence-electron chi connectivity index (χ0n) is 13.4. The van der Waals surface area contributed by atoms with Crippen LogP contribution in [0, 0.1) is 0 Å². The van der Waals surface area contributed by atoms with Crippen LogP contribution in [0.4, 0.5) is 4.79 Å². The SMILES string of the molecule is O=C(NCCc1ccccc1)OCc1cn(-c2cccc(Cl)c2)nn1. The number of ether oxygens (including phenoxy) is 1. The number of benzene rings is 2. The number of rotatable bonds is 6. The van der Waals surface area contributed by atoms with Gasteiger partial charge < -0.3 is 10.1 Å². The second kappa shape index (κ2) is 8.30. The van der Waals surface area contributed by atoms with E-state index in [9.17, 15) is 4.79 Å². The molecule has 0 saturated heterocycles. The van der Waals surface area contributed by atoms with Crippen molar-refractivity contribution in [3.8, 4) is 5.69 Å². The minimum absolute atomic E-state index is 0.0533. The average Bonchev–Trinajstić information content (AvgIpc) is 3.10. The highest BCUT2D eigenvalue weighted by atomic mass is 35.5. The molecule has 7 heteroatoms. The molecule has 0 bridgehead atoms. The molecule has 1 heterocycles. The standard InChI is InChI=1S/C18H17ClN4O2/c19-15-7-4-8-17(11-15)23-12-16(21-22-23)13-25-18(24)20-10-9-14-5-2-1-3-6-14/h1-8,11-12H,9-10,13H2,(H,20,24). The molecule has 6 nitrogen and oxygen atoms in total. The van der Waals surface area contributed by atoms with Crippen LogP contribution in [-0.4, -0.2) is 27.6 Å². The van der Waals surface area contributed by atoms with Crippen molar-refractivity contribution in [2.24, 2.45) is 0 Å². The number of alkyl carbamates (subject to hydrolysis) is 1. The van der Waals surface area contributed by atoms with Crippen molar-refractivity contribution < 1.29 is 9.53 Å². The fraction of sp³-hybridized carbons (Fsp3) is 0.167. The molecule has 0 atom stereocenters. The van der Waals surface area contributed by atoms with E-state index in [1.54, 1.807) is 23.0 Å². The highest BCUT2D eigenvalue weighted by Crippen LogP contribution is 2.14. The maximum Gasteiger partial charge on any atom is 0.407 e. The second-order valence-electron chi connectivity index (χ2n) is 5.37. The summed E-state index contributed by atoms with van der Waals surface area (Å²) in [5, 5.41) is 11.3. The summed E-state index contributed by atoms with van der Waals surface area (Å²) in [6, 6.07) is 17.2. The molecule has 0 aliphatic heterocycles. The van der Waals surface area contributed by atoms with Gasteiger partial charge in [0.25, 0.3) is 0 Å². The number of carbonyl (C=O) groups is 1. The fourth-order valence-electron chi connectivity index (χ4n) is 2.25. The van der Waals surface area contributed by atoms with Crippen LogP contribution in [0.15, 0.2) is 60.8 Å². The molecule has 0 radical (unpaired) electrons. The van der Waals surface area contributed by atoms with Crippen molar-refractivity contribution in [1.29, 1.82) is 0 Å². The molecule has 0 saturated carbocycles. The van der Waals surface area contributed by atoms with Crippen molar-refractivity contribution in [2.75, 3.05) is 6.54 Å². The van der Waals surface area contributed by atoms with E-state index >= 15 is 0 Å². The predicted octanol–water partition coefficient (Wildman–Crippen LogP) is 3.39. The summed E-state index contributed by atoms with van der Waals surface area (Å²) in [5.41, 5.74) is 2.50. The maximum atomic E-state index is 11.7. The Kier molecular flexibility index (Phi) is 5.64. The van der Waals surface area contributed by atoms with Crippen molar-refractivity contribution in [2.45, 2.75) is 13.0 Å². The van der Waals surface area contributed by atoms with Crippen LogP contribution in [0.1, 0.15) is 11.3 Å². The first-order valence-corrected chi connectivity index (χ1v) is 8.20. The zero-order chi connectivity index (χ0) is 17.5. The van der Waals surface area contributed by atoms with Gasteiger partial charge in [-0.05, 0) is 30.2 Å². The number of carbonyl (C=O) groups excluding carboxylic acids is 1. The number of nitrogens with zero attached hydrogens (tertiary/aromatic N) is 3. The molecule has 0 aliphatic rings. The van der Waals surface area contributed by atoms with Gasteiger partial charge >= 0.3 is 6.09 Å². The topological polar surface area (TPSA) is 69.0 Å². The summed E-state index contributed by atoms with van der Waals surface area (Å²) in [6.07, 6.45) is 1.97. The first-order chi connectivity index (χ1) is 12.2. The van der Waals surface area contributed by atoms with Crippen LogP contribution in [-0.2, 0) is 17.8 Å².